The molecule has 0 spiro atoms. The lowest BCUT2D eigenvalue weighted by atomic mass is 9.63. The number of carbonyl (C=O) groups is 4. The predicted molar refractivity (Wildman–Crippen MR) is 122 cm³/mol. The zero-order valence-corrected chi connectivity index (χ0v) is 19.9. The monoisotopic (exact) mass is 489 g/mol. The number of imide groups is 1. The van der Waals surface area contributed by atoms with Crippen molar-refractivity contribution in [3.63, 3.8) is 0 Å². The van der Waals surface area contributed by atoms with Crippen molar-refractivity contribution in [2.75, 3.05) is 6.61 Å². The molecule has 2 amide bonds. The Morgan fingerprint density at radius 3 is 2.21 bits per heavy atom. The standard InChI is InChI=1S/C25H25Cl2NO5/c1-11(2)7-19(25(32)33-10-20(29)15-4-3-12(26)8-18(15)27)28-23(30)21-13-5-6-14(17-9-16(13)17)22(21)24(28)31/h3-6,8,11,13-14,16-17,19,21-22H,7,9-10H2,1-2H3/t13-,14-,16-,17+,19+,21+,22-/m1/s1. The van der Waals surface area contributed by atoms with Crippen LogP contribution in [-0.4, -0.2) is 41.1 Å². The number of hydrogen-bond acceptors (Lipinski definition) is 5. The molecule has 0 radical (unpaired) electrons. The molecule has 5 aliphatic rings. The summed E-state index contributed by atoms with van der Waals surface area (Å²) in [6.45, 7) is 3.30. The number of halogens is 2. The highest BCUT2D eigenvalue weighted by Gasteiger charge is 2.68. The Balaban J connectivity index is 1.33. The average molecular weight is 490 g/mol. The molecule has 1 aromatic rings. The van der Waals surface area contributed by atoms with Crippen molar-refractivity contribution in [1.29, 1.82) is 0 Å². The number of esters is 1. The molecule has 1 saturated heterocycles. The molecule has 0 unspecified atom stereocenters. The number of ether oxygens (including phenoxy) is 1. The van der Waals surface area contributed by atoms with Crippen molar-refractivity contribution in [1.82, 2.24) is 4.90 Å². The minimum atomic E-state index is -1.04. The van der Waals surface area contributed by atoms with Gasteiger partial charge < -0.3 is 4.74 Å². The van der Waals surface area contributed by atoms with E-state index in [1.54, 1.807) is 0 Å². The lowest BCUT2D eigenvalue weighted by Gasteiger charge is -2.37. The lowest BCUT2D eigenvalue weighted by Crippen LogP contribution is -2.47. The smallest absolute Gasteiger partial charge is 0.329 e. The van der Waals surface area contributed by atoms with E-state index < -0.39 is 24.4 Å². The molecule has 7 atom stereocenters. The van der Waals surface area contributed by atoms with Gasteiger partial charge >= 0.3 is 5.97 Å². The molecule has 1 heterocycles. The lowest BCUT2D eigenvalue weighted by molar-refractivity contribution is -0.159. The number of rotatable bonds is 7. The van der Waals surface area contributed by atoms with Crippen LogP contribution in [0.15, 0.2) is 30.4 Å². The van der Waals surface area contributed by atoms with Gasteiger partial charge in [-0.05, 0) is 60.6 Å². The minimum absolute atomic E-state index is 0.0374. The van der Waals surface area contributed by atoms with E-state index in [0.29, 0.717) is 16.9 Å². The Bertz CT molecular complexity index is 1050. The van der Waals surface area contributed by atoms with Crippen LogP contribution in [0.3, 0.4) is 0 Å². The normalized spacial score (nSPS) is 32.1. The van der Waals surface area contributed by atoms with Gasteiger partial charge in [0.2, 0.25) is 17.6 Å². The van der Waals surface area contributed by atoms with Crippen molar-refractivity contribution < 1.29 is 23.9 Å². The topological polar surface area (TPSA) is 80.8 Å². The van der Waals surface area contributed by atoms with E-state index in [2.05, 4.69) is 12.2 Å². The van der Waals surface area contributed by atoms with Crippen LogP contribution in [0.4, 0.5) is 0 Å². The van der Waals surface area contributed by atoms with E-state index in [-0.39, 0.29) is 58.4 Å². The van der Waals surface area contributed by atoms with Gasteiger partial charge in [0.1, 0.15) is 6.04 Å². The van der Waals surface area contributed by atoms with Crippen molar-refractivity contribution >= 4 is 46.8 Å². The van der Waals surface area contributed by atoms with Gasteiger partial charge in [-0.1, -0.05) is 49.2 Å². The number of benzene rings is 1. The molecule has 4 aliphatic carbocycles. The summed E-state index contributed by atoms with van der Waals surface area (Å²) in [6, 6.07) is 3.40. The first-order valence-electron chi connectivity index (χ1n) is 11.4. The molecule has 1 aliphatic heterocycles. The van der Waals surface area contributed by atoms with Crippen molar-refractivity contribution in [2.24, 2.45) is 41.4 Å². The number of allylic oxidation sites excluding steroid dienone is 2. The molecular weight excluding hydrogens is 465 g/mol. The van der Waals surface area contributed by atoms with E-state index in [4.69, 9.17) is 27.9 Å². The predicted octanol–water partition coefficient (Wildman–Crippen LogP) is 4.19. The van der Waals surface area contributed by atoms with Gasteiger partial charge in [0.25, 0.3) is 0 Å². The van der Waals surface area contributed by atoms with Crippen molar-refractivity contribution in [3.05, 3.63) is 46.0 Å². The maximum Gasteiger partial charge on any atom is 0.329 e. The van der Waals surface area contributed by atoms with Gasteiger partial charge in [0.05, 0.1) is 16.9 Å². The molecule has 0 aromatic heterocycles. The zero-order valence-electron chi connectivity index (χ0n) is 18.4. The fourth-order valence-electron chi connectivity index (χ4n) is 6.07. The maximum atomic E-state index is 13.4. The number of hydrogen-bond donors (Lipinski definition) is 0. The van der Waals surface area contributed by atoms with Crippen LogP contribution in [0.25, 0.3) is 0 Å². The van der Waals surface area contributed by atoms with Crippen molar-refractivity contribution in [3.8, 4) is 0 Å². The fourth-order valence-corrected chi connectivity index (χ4v) is 6.58. The summed E-state index contributed by atoms with van der Waals surface area (Å²) in [5.74, 6) is -1.38. The summed E-state index contributed by atoms with van der Waals surface area (Å²) in [6.07, 6.45) is 5.54. The van der Waals surface area contributed by atoms with Gasteiger partial charge in [-0.25, -0.2) is 4.79 Å². The van der Waals surface area contributed by atoms with Crippen LogP contribution in [0.5, 0.6) is 0 Å². The van der Waals surface area contributed by atoms with E-state index in [1.165, 1.54) is 18.2 Å². The van der Waals surface area contributed by atoms with Crippen LogP contribution in [0.1, 0.15) is 37.0 Å². The molecular formula is C25H25Cl2NO5. The largest absolute Gasteiger partial charge is 0.456 e. The van der Waals surface area contributed by atoms with E-state index in [1.807, 2.05) is 13.8 Å². The summed E-state index contributed by atoms with van der Waals surface area (Å²) in [7, 11) is 0. The van der Waals surface area contributed by atoms with E-state index >= 15 is 0 Å². The third-order valence-electron chi connectivity index (χ3n) is 7.55. The highest BCUT2D eigenvalue weighted by Crippen LogP contribution is 2.65. The molecule has 2 saturated carbocycles. The van der Waals surface area contributed by atoms with Gasteiger partial charge in [0.15, 0.2) is 6.61 Å². The third-order valence-corrected chi connectivity index (χ3v) is 8.10. The molecule has 174 valence electrons. The minimum Gasteiger partial charge on any atom is -0.456 e. The average Bonchev–Trinajstić information content (AvgIpc) is 3.54. The number of carbonyl (C=O) groups excluding carboxylic acids is 4. The number of amides is 2. The summed E-state index contributed by atoms with van der Waals surface area (Å²) in [5, 5.41) is 0.553. The second kappa shape index (κ2) is 8.24. The molecule has 6 rings (SSSR count). The number of ketones is 1. The van der Waals surface area contributed by atoms with Crippen LogP contribution in [0.2, 0.25) is 10.0 Å². The Hall–Kier alpha value is -2.18. The maximum absolute atomic E-state index is 13.4. The van der Waals surface area contributed by atoms with Crippen molar-refractivity contribution in [2.45, 2.75) is 32.7 Å². The summed E-state index contributed by atoms with van der Waals surface area (Å²) in [5.41, 5.74) is 0.190. The van der Waals surface area contributed by atoms with Gasteiger partial charge in [0, 0.05) is 10.6 Å². The molecule has 6 nitrogen and oxygen atoms in total. The number of likely N-dealkylation sites (tertiary alicyclic amines) is 1. The fraction of sp³-hybridized carbons (Fsp3) is 0.520. The van der Waals surface area contributed by atoms with Crippen LogP contribution >= 0.6 is 23.2 Å². The summed E-state index contributed by atoms with van der Waals surface area (Å²) < 4.78 is 5.33. The van der Waals surface area contributed by atoms with Crippen LogP contribution < -0.4 is 0 Å². The second-order valence-corrected chi connectivity index (χ2v) is 10.8. The van der Waals surface area contributed by atoms with E-state index in [9.17, 15) is 19.2 Å². The quantitative estimate of drug-likeness (QED) is 0.248. The highest BCUT2D eigenvalue weighted by atomic mass is 35.5. The third kappa shape index (κ3) is 3.71. The summed E-state index contributed by atoms with van der Waals surface area (Å²) in [4.78, 5) is 53.7. The molecule has 8 heteroatoms. The number of nitrogens with zero attached hydrogens (tertiary/aromatic N) is 1. The zero-order chi connectivity index (χ0) is 23.6. The Morgan fingerprint density at radius 2 is 1.67 bits per heavy atom. The first-order chi connectivity index (χ1) is 15.7. The second-order valence-electron chi connectivity index (χ2n) is 10.0. The number of Topliss-reactive ketones (excluding diaryl/α,β-unsaturated/α-hetero) is 1. The first-order valence-corrected chi connectivity index (χ1v) is 12.1. The molecule has 0 N–H and O–H groups in total. The Morgan fingerprint density at radius 1 is 1.06 bits per heavy atom. The van der Waals surface area contributed by atoms with Crippen LogP contribution in [-0.2, 0) is 19.1 Å². The first kappa shape index (κ1) is 22.6. The SMILES string of the molecule is CC(C)C[C@@H](C(=O)OCC(=O)c1ccc(Cl)cc1Cl)N1C(=O)[C@@H]2[C@@H]3C=C[C@H]([C@H]4C[C@@H]34)[C@@H]2C1=O. The summed E-state index contributed by atoms with van der Waals surface area (Å²) >= 11 is 12.0. The van der Waals surface area contributed by atoms with Crippen LogP contribution in [0, 0.1) is 41.4 Å². The highest BCUT2D eigenvalue weighted by molar-refractivity contribution is 6.36. The van der Waals surface area contributed by atoms with E-state index in [0.717, 1.165) is 11.3 Å². The molecule has 3 fully saturated rings. The van der Waals surface area contributed by atoms with Gasteiger partial charge in [-0.15, -0.1) is 0 Å². The Labute approximate surface area is 202 Å². The van der Waals surface area contributed by atoms with Gasteiger partial charge in [-0.3, -0.25) is 19.3 Å². The molecule has 33 heavy (non-hydrogen) atoms. The Kier molecular flexibility index (Phi) is 5.65. The van der Waals surface area contributed by atoms with Gasteiger partial charge in [-0.2, -0.15) is 0 Å². The molecule has 1 aromatic carbocycles. The molecule has 2 bridgehead atoms.